The van der Waals surface area contributed by atoms with E-state index in [0.717, 1.165) is 6.42 Å². The summed E-state index contributed by atoms with van der Waals surface area (Å²) in [5, 5.41) is 3.08. The number of hydrogen-bond donors (Lipinski definition) is 1. The van der Waals surface area contributed by atoms with Gasteiger partial charge in [0.1, 0.15) is 6.17 Å². The van der Waals surface area contributed by atoms with Gasteiger partial charge in [-0.25, -0.2) is 4.99 Å². The van der Waals surface area contributed by atoms with E-state index in [1.165, 1.54) is 0 Å². The van der Waals surface area contributed by atoms with Gasteiger partial charge in [0.15, 0.2) is 0 Å². The van der Waals surface area contributed by atoms with Crippen molar-refractivity contribution >= 4 is 5.90 Å². The third-order valence-corrected chi connectivity index (χ3v) is 1.39. The van der Waals surface area contributed by atoms with E-state index in [2.05, 4.69) is 17.2 Å². The second-order valence-corrected chi connectivity index (χ2v) is 2.10. The summed E-state index contributed by atoms with van der Waals surface area (Å²) in [5.41, 5.74) is 0. The number of ether oxygens (including phenoxy) is 1. The average Bonchev–Trinajstić information content (AvgIpc) is 2.05. The Hall–Kier alpha value is -0.990. The lowest BCUT2D eigenvalue weighted by Gasteiger charge is -2.15. The van der Waals surface area contributed by atoms with Crippen molar-refractivity contribution < 1.29 is 4.74 Å². The van der Waals surface area contributed by atoms with Crippen LogP contribution in [0.2, 0.25) is 0 Å². The van der Waals surface area contributed by atoms with Crippen LogP contribution in [0.15, 0.2) is 17.3 Å². The normalized spacial score (nSPS) is 23.4. The van der Waals surface area contributed by atoms with Crippen molar-refractivity contribution in [2.75, 3.05) is 7.11 Å². The number of nitrogens with zero attached hydrogens (tertiary/aromatic N) is 1. The van der Waals surface area contributed by atoms with E-state index < -0.39 is 0 Å². The molecule has 0 saturated heterocycles. The fourth-order valence-corrected chi connectivity index (χ4v) is 0.794. The van der Waals surface area contributed by atoms with Crippen LogP contribution in [0.25, 0.3) is 0 Å². The van der Waals surface area contributed by atoms with E-state index in [1.54, 1.807) is 7.11 Å². The predicted octanol–water partition coefficient (Wildman–Crippen LogP) is 0.884. The standard InChI is InChI=1S/C7H12N2O/c1-3-6-8-5-4-7(9-6)10-2/h4-6,8H,3H2,1-2H3. The molecule has 1 unspecified atom stereocenters. The minimum atomic E-state index is 0.194. The fourth-order valence-electron chi connectivity index (χ4n) is 0.794. The Kier molecular flexibility index (Phi) is 2.31. The lowest BCUT2D eigenvalue weighted by atomic mass is 10.3. The SMILES string of the molecule is CCC1N=C(OC)C=CN1. The molecule has 0 radical (unpaired) electrons. The minimum absolute atomic E-state index is 0.194. The van der Waals surface area contributed by atoms with Crippen molar-refractivity contribution in [1.29, 1.82) is 0 Å². The molecule has 0 aliphatic carbocycles. The van der Waals surface area contributed by atoms with E-state index in [9.17, 15) is 0 Å². The third kappa shape index (κ3) is 1.50. The summed E-state index contributed by atoms with van der Waals surface area (Å²) in [5.74, 6) is 0.700. The summed E-state index contributed by atoms with van der Waals surface area (Å²) in [6.07, 6.45) is 4.85. The van der Waals surface area contributed by atoms with Gasteiger partial charge in [-0.15, -0.1) is 0 Å². The smallest absolute Gasteiger partial charge is 0.211 e. The highest BCUT2D eigenvalue weighted by Crippen LogP contribution is 1.99. The Balaban J connectivity index is 2.56. The van der Waals surface area contributed by atoms with Crippen LogP contribution in [-0.4, -0.2) is 19.2 Å². The topological polar surface area (TPSA) is 33.6 Å². The lowest BCUT2D eigenvalue weighted by molar-refractivity contribution is 0.394. The van der Waals surface area contributed by atoms with Crippen molar-refractivity contribution in [2.24, 2.45) is 4.99 Å². The van der Waals surface area contributed by atoms with E-state index in [4.69, 9.17) is 4.74 Å². The molecule has 0 bridgehead atoms. The van der Waals surface area contributed by atoms with Crippen LogP contribution >= 0.6 is 0 Å². The molecule has 1 N–H and O–H groups in total. The van der Waals surface area contributed by atoms with Gasteiger partial charge in [0.05, 0.1) is 7.11 Å². The molecule has 10 heavy (non-hydrogen) atoms. The minimum Gasteiger partial charge on any atom is -0.481 e. The Morgan fingerprint density at radius 1 is 1.80 bits per heavy atom. The molecule has 0 aromatic carbocycles. The van der Waals surface area contributed by atoms with E-state index >= 15 is 0 Å². The molecule has 0 aromatic rings. The van der Waals surface area contributed by atoms with E-state index in [0.29, 0.717) is 5.90 Å². The molecule has 0 aromatic heterocycles. The number of aliphatic imine (C=N–C) groups is 1. The number of nitrogens with one attached hydrogen (secondary N) is 1. The first-order chi connectivity index (χ1) is 4.86. The highest BCUT2D eigenvalue weighted by atomic mass is 16.5. The van der Waals surface area contributed by atoms with Crippen LogP contribution in [0.5, 0.6) is 0 Å². The first-order valence-corrected chi connectivity index (χ1v) is 3.41. The first-order valence-electron chi connectivity index (χ1n) is 3.41. The van der Waals surface area contributed by atoms with Crippen LogP contribution in [0.1, 0.15) is 13.3 Å². The molecule has 1 aliphatic rings. The summed E-state index contributed by atoms with van der Waals surface area (Å²) in [6.45, 7) is 2.08. The molecule has 56 valence electrons. The van der Waals surface area contributed by atoms with E-state index in [1.807, 2.05) is 12.3 Å². The molecule has 3 heteroatoms. The fraction of sp³-hybridized carbons (Fsp3) is 0.571. The molecule has 0 fully saturated rings. The molecule has 1 heterocycles. The molecule has 1 atom stereocenters. The maximum absolute atomic E-state index is 4.95. The Bertz CT molecular complexity index is 163. The van der Waals surface area contributed by atoms with E-state index in [-0.39, 0.29) is 6.17 Å². The zero-order valence-electron chi connectivity index (χ0n) is 6.29. The molecule has 1 aliphatic heterocycles. The zero-order valence-corrected chi connectivity index (χ0v) is 6.29. The van der Waals surface area contributed by atoms with Crippen LogP contribution < -0.4 is 5.32 Å². The monoisotopic (exact) mass is 140 g/mol. The lowest BCUT2D eigenvalue weighted by Crippen LogP contribution is -2.26. The Morgan fingerprint density at radius 2 is 2.60 bits per heavy atom. The largest absolute Gasteiger partial charge is 0.481 e. The van der Waals surface area contributed by atoms with Gasteiger partial charge in [-0.3, -0.25) is 0 Å². The van der Waals surface area contributed by atoms with Gasteiger partial charge in [-0.2, -0.15) is 0 Å². The van der Waals surface area contributed by atoms with Gasteiger partial charge < -0.3 is 10.1 Å². The zero-order chi connectivity index (χ0) is 7.40. The van der Waals surface area contributed by atoms with Crippen LogP contribution in [0.3, 0.4) is 0 Å². The quantitative estimate of drug-likeness (QED) is 0.586. The molecular formula is C7H12N2O. The van der Waals surface area contributed by atoms with Gasteiger partial charge in [0.2, 0.25) is 5.90 Å². The predicted molar refractivity (Wildman–Crippen MR) is 40.8 cm³/mol. The Labute approximate surface area is 60.8 Å². The molecule has 0 spiro atoms. The number of rotatable bonds is 1. The number of hydrogen-bond acceptors (Lipinski definition) is 3. The molecule has 3 nitrogen and oxygen atoms in total. The first kappa shape index (κ1) is 7.12. The van der Waals surface area contributed by atoms with Gasteiger partial charge in [0.25, 0.3) is 0 Å². The van der Waals surface area contributed by atoms with Crippen molar-refractivity contribution in [3.05, 3.63) is 12.3 Å². The molecule has 1 rings (SSSR count). The van der Waals surface area contributed by atoms with Crippen molar-refractivity contribution in [3.8, 4) is 0 Å². The van der Waals surface area contributed by atoms with Crippen LogP contribution in [0.4, 0.5) is 0 Å². The van der Waals surface area contributed by atoms with Crippen LogP contribution in [-0.2, 0) is 4.74 Å². The second-order valence-electron chi connectivity index (χ2n) is 2.10. The molecular weight excluding hydrogens is 128 g/mol. The highest BCUT2D eigenvalue weighted by molar-refractivity contribution is 5.88. The maximum atomic E-state index is 4.95. The summed E-state index contributed by atoms with van der Waals surface area (Å²) in [6, 6.07) is 0. The molecule has 0 amide bonds. The Morgan fingerprint density at radius 3 is 3.20 bits per heavy atom. The van der Waals surface area contributed by atoms with Gasteiger partial charge in [-0.1, -0.05) is 6.92 Å². The van der Waals surface area contributed by atoms with Gasteiger partial charge in [0, 0.05) is 12.3 Å². The molecule has 0 saturated carbocycles. The van der Waals surface area contributed by atoms with Gasteiger partial charge >= 0.3 is 0 Å². The summed E-state index contributed by atoms with van der Waals surface area (Å²) < 4.78 is 4.95. The van der Waals surface area contributed by atoms with Gasteiger partial charge in [-0.05, 0) is 6.42 Å². The average molecular weight is 140 g/mol. The van der Waals surface area contributed by atoms with Crippen molar-refractivity contribution in [1.82, 2.24) is 5.32 Å². The summed E-state index contributed by atoms with van der Waals surface area (Å²) in [4.78, 5) is 4.22. The van der Waals surface area contributed by atoms with Crippen LogP contribution in [0, 0.1) is 0 Å². The van der Waals surface area contributed by atoms with Crippen molar-refractivity contribution in [3.63, 3.8) is 0 Å². The second kappa shape index (κ2) is 3.25. The van der Waals surface area contributed by atoms with Crippen molar-refractivity contribution in [2.45, 2.75) is 19.5 Å². The maximum Gasteiger partial charge on any atom is 0.211 e. The number of methoxy groups -OCH3 is 1. The highest BCUT2D eigenvalue weighted by Gasteiger charge is 2.05. The summed E-state index contributed by atoms with van der Waals surface area (Å²) >= 11 is 0. The third-order valence-electron chi connectivity index (χ3n) is 1.39. The summed E-state index contributed by atoms with van der Waals surface area (Å²) in [7, 11) is 1.63.